The molecule has 0 unspecified atom stereocenters. The lowest BCUT2D eigenvalue weighted by Gasteiger charge is -2.08. The fourth-order valence-corrected chi connectivity index (χ4v) is 3.83. The Labute approximate surface area is 194 Å². The van der Waals surface area contributed by atoms with Gasteiger partial charge in [-0.25, -0.2) is 14.8 Å². The molecule has 0 atom stereocenters. The first-order valence-electron chi connectivity index (χ1n) is 11.8. The molecule has 0 saturated carbocycles. The zero-order valence-electron chi connectivity index (χ0n) is 19.7. The predicted molar refractivity (Wildman–Crippen MR) is 128 cm³/mol. The average molecular weight is 445 g/mol. The average Bonchev–Trinajstić information content (AvgIpc) is 3.49. The normalized spacial score (nSPS) is 11.4. The molecule has 3 heterocycles. The molecule has 0 aliphatic rings. The highest BCUT2D eigenvalue weighted by Gasteiger charge is 2.14. The summed E-state index contributed by atoms with van der Waals surface area (Å²) in [5, 5.41) is 19.1. The van der Waals surface area contributed by atoms with Gasteiger partial charge >= 0.3 is 0 Å². The first-order chi connectivity index (χ1) is 16.1. The van der Waals surface area contributed by atoms with E-state index >= 15 is 0 Å². The van der Waals surface area contributed by atoms with Crippen molar-refractivity contribution in [3.05, 3.63) is 59.8 Å². The van der Waals surface area contributed by atoms with Crippen molar-refractivity contribution in [2.75, 3.05) is 0 Å². The Kier molecular flexibility index (Phi) is 7.55. The summed E-state index contributed by atoms with van der Waals surface area (Å²) in [5.41, 5.74) is 3.95. The molecule has 3 aromatic heterocycles. The van der Waals surface area contributed by atoms with Gasteiger partial charge in [0, 0.05) is 36.7 Å². The Morgan fingerprint density at radius 1 is 1.06 bits per heavy atom. The molecule has 0 aliphatic carbocycles. The lowest BCUT2D eigenvalue weighted by atomic mass is 10.0. The van der Waals surface area contributed by atoms with E-state index in [0.717, 1.165) is 60.7 Å². The van der Waals surface area contributed by atoms with E-state index < -0.39 is 0 Å². The van der Waals surface area contributed by atoms with E-state index in [1.807, 2.05) is 12.1 Å². The smallest absolute Gasteiger partial charge is 0.181 e. The second-order valence-corrected chi connectivity index (χ2v) is 8.83. The molecular formula is C25H32N8. The van der Waals surface area contributed by atoms with Crippen molar-refractivity contribution in [3.63, 3.8) is 0 Å². The third kappa shape index (κ3) is 5.88. The number of benzene rings is 1. The van der Waals surface area contributed by atoms with Crippen LogP contribution in [-0.4, -0.2) is 40.4 Å². The monoisotopic (exact) mass is 444 g/mol. The van der Waals surface area contributed by atoms with E-state index in [1.165, 1.54) is 18.4 Å². The van der Waals surface area contributed by atoms with Gasteiger partial charge in [-0.2, -0.15) is 5.10 Å². The van der Waals surface area contributed by atoms with Gasteiger partial charge in [-0.3, -0.25) is 4.98 Å². The summed E-state index contributed by atoms with van der Waals surface area (Å²) >= 11 is 0. The molecule has 4 aromatic rings. The molecule has 0 saturated heterocycles. The minimum atomic E-state index is 0.608. The number of hydrogen-bond donors (Lipinski definition) is 1. The van der Waals surface area contributed by atoms with Gasteiger partial charge in [0.2, 0.25) is 0 Å². The number of nitrogens with zero attached hydrogens (tertiary/aromatic N) is 7. The summed E-state index contributed by atoms with van der Waals surface area (Å²) < 4.78 is 2.12. The van der Waals surface area contributed by atoms with Crippen molar-refractivity contribution in [3.8, 4) is 22.6 Å². The van der Waals surface area contributed by atoms with E-state index in [0.29, 0.717) is 11.7 Å². The number of aromatic amines is 1. The van der Waals surface area contributed by atoms with Crippen LogP contribution < -0.4 is 0 Å². The number of aryl methyl sites for hydroxylation is 2. The van der Waals surface area contributed by atoms with E-state index in [4.69, 9.17) is 10.1 Å². The Morgan fingerprint density at radius 2 is 1.91 bits per heavy atom. The summed E-state index contributed by atoms with van der Waals surface area (Å²) in [6, 6.07) is 12.3. The van der Waals surface area contributed by atoms with Crippen molar-refractivity contribution >= 4 is 0 Å². The van der Waals surface area contributed by atoms with Crippen LogP contribution >= 0.6 is 0 Å². The van der Waals surface area contributed by atoms with E-state index in [2.05, 4.69) is 75.3 Å². The van der Waals surface area contributed by atoms with Gasteiger partial charge in [-0.15, -0.1) is 5.10 Å². The van der Waals surface area contributed by atoms with Crippen LogP contribution in [0, 0.1) is 5.92 Å². The van der Waals surface area contributed by atoms with Crippen LogP contribution in [-0.2, 0) is 19.4 Å². The zero-order chi connectivity index (χ0) is 23.0. The maximum absolute atomic E-state index is 4.90. The molecule has 8 heteroatoms. The van der Waals surface area contributed by atoms with Gasteiger partial charge in [0.1, 0.15) is 5.82 Å². The molecule has 1 aromatic carbocycles. The van der Waals surface area contributed by atoms with Crippen LogP contribution in [0.25, 0.3) is 22.6 Å². The summed E-state index contributed by atoms with van der Waals surface area (Å²) in [5.74, 6) is 3.27. The number of hydrogen-bond acceptors (Lipinski definition) is 6. The lowest BCUT2D eigenvalue weighted by Crippen LogP contribution is -2.07. The van der Waals surface area contributed by atoms with E-state index in [-0.39, 0.29) is 0 Å². The van der Waals surface area contributed by atoms with Crippen molar-refractivity contribution < 1.29 is 0 Å². The summed E-state index contributed by atoms with van der Waals surface area (Å²) in [6.45, 7) is 7.64. The van der Waals surface area contributed by atoms with E-state index in [1.54, 1.807) is 6.20 Å². The Hall–Kier alpha value is -3.42. The van der Waals surface area contributed by atoms with Crippen molar-refractivity contribution in [1.82, 2.24) is 40.4 Å². The van der Waals surface area contributed by atoms with Crippen LogP contribution in [0.2, 0.25) is 0 Å². The minimum absolute atomic E-state index is 0.608. The molecule has 8 nitrogen and oxygen atoms in total. The Bertz CT molecular complexity index is 1130. The van der Waals surface area contributed by atoms with Gasteiger partial charge in [-0.05, 0) is 46.9 Å². The third-order valence-corrected chi connectivity index (χ3v) is 5.71. The standard InChI is InChI=1S/C25H32N8/c1-4-5-6-16-33-23(27-22(30-33)14-9-18(2)3)17-19-10-12-20(13-11-19)24-21(8-7-15-26-24)25-28-31-32-29-25/h7-8,10-13,15,18H,4-6,9,14,16-17H2,1-3H3,(H,28,29,31,32). The van der Waals surface area contributed by atoms with Crippen LogP contribution in [0.5, 0.6) is 0 Å². The highest BCUT2D eigenvalue weighted by molar-refractivity contribution is 5.76. The molecule has 0 spiro atoms. The number of pyridine rings is 1. The third-order valence-electron chi connectivity index (χ3n) is 5.71. The molecule has 0 radical (unpaired) electrons. The van der Waals surface area contributed by atoms with Crippen molar-refractivity contribution in [2.24, 2.45) is 5.92 Å². The summed E-state index contributed by atoms with van der Waals surface area (Å²) in [7, 11) is 0. The molecule has 172 valence electrons. The van der Waals surface area contributed by atoms with Crippen LogP contribution in [0.15, 0.2) is 42.6 Å². The lowest BCUT2D eigenvalue weighted by molar-refractivity contribution is 0.525. The fourth-order valence-electron chi connectivity index (χ4n) is 3.83. The van der Waals surface area contributed by atoms with Gasteiger partial charge in [0.15, 0.2) is 11.6 Å². The quantitative estimate of drug-likeness (QED) is 0.331. The second kappa shape index (κ2) is 10.9. The number of tetrazole rings is 1. The maximum atomic E-state index is 4.90. The number of unbranched alkanes of at least 4 members (excludes halogenated alkanes) is 2. The molecule has 0 amide bonds. The second-order valence-electron chi connectivity index (χ2n) is 8.83. The predicted octanol–water partition coefficient (Wildman–Crippen LogP) is 4.89. The number of rotatable bonds is 11. The molecule has 4 rings (SSSR count). The fraction of sp³-hybridized carbons (Fsp3) is 0.440. The molecule has 0 aliphatic heterocycles. The van der Waals surface area contributed by atoms with Crippen LogP contribution in [0.4, 0.5) is 0 Å². The molecular weight excluding hydrogens is 412 g/mol. The van der Waals surface area contributed by atoms with Gasteiger partial charge in [-0.1, -0.05) is 57.9 Å². The first kappa shape index (κ1) is 22.8. The van der Waals surface area contributed by atoms with Crippen LogP contribution in [0.3, 0.4) is 0 Å². The number of H-pyrrole nitrogens is 1. The van der Waals surface area contributed by atoms with Crippen molar-refractivity contribution in [2.45, 2.75) is 65.8 Å². The molecule has 0 bridgehead atoms. The van der Waals surface area contributed by atoms with E-state index in [9.17, 15) is 0 Å². The first-order valence-corrected chi connectivity index (χ1v) is 11.8. The zero-order valence-corrected chi connectivity index (χ0v) is 19.7. The number of aromatic nitrogens is 8. The summed E-state index contributed by atoms with van der Waals surface area (Å²) in [6.07, 6.45) is 8.14. The van der Waals surface area contributed by atoms with Gasteiger partial charge < -0.3 is 0 Å². The van der Waals surface area contributed by atoms with Gasteiger partial charge in [0.05, 0.1) is 5.69 Å². The Balaban J connectivity index is 1.53. The van der Waals surface area contributed by atoms with Crippen molar-refractivity contribution in [1.29, 1.82) is 0 Å². The highest BCUT2D eigenvalue weighted by Crippen LogP contribution is 2.28. The maximum Gasteiger partial charge on any atom is 0.181 e. The van der Waals surface area contributed by atoms with Crippen LogP contribution in [0.1, 0.15) is 63.7 Å². The molecule has 33 heavy (non-hydrogen) atoms. The number of nitrogens with one attached hydrogen (secondary N) is 1. The SMILES string of the molecule is CCCCCn1nc(CCC(C)C)nc1Cc1ccc(-c2ncccc2-c2nnn[nH]2)cc1. The minimum Gasteiger partial charge on any atom is -0.255 e. The molecule has 1 N–H and O–H groups in total. The highest BCUT2D eigenvalue weighted by atomic mass is 15.5. The largest absolute Gasteiger partial charge is 0.255 e. The van der Waals surface area contributed by atoms with Gasteiger partial charge in [0.25, 0.3) is 0 Å². The summed E-state index contributed by atoms with van der Waals surface area (Å²) in [4.78, 5) is 9.47. The topological polar surface area (TPSA) is 98.1 Å². The Morgan fingerprint density at radius 3 is 2.64 bits per heavy atom. The molecule has 0 fully saturated rings.